The number of esters is 1. The molecule has 0 atom stereocenters. The number of carbonyl (C=O) groups is 1. The minimum Gasteiger partial charge on any atom is -0.466 e. The van der Waals surface area contributed by atoms with Gasteiger partial charge in [-0.25, -0.2) is 0 Å². The number of aromatic nitrogens is 1. The van der Waals surface area contributed by atoms with E-state index in [0.717, 1.165) is 6.07 Å². The average molecular weight is 292 g/mol. The normalized spacial score (nSPS) is 11.3. The number of hydrogen-bond donors (Lipinski definition) is 1. The third kappa shape index (κ3) is 4.69. The van der Waals surface area contributed by atoms with E-state index < -0.39 is 18.1 Å². The highest BCUT2D eigenvalue weighted by Crippen LogP contribution is 2.28. The largest absolute Gasteiger partial charge is 0.573 e. The van der Waals surface area contributed by atoms with Crippen molar-refractivity contribution in [3.05, 3.63) is 23.0 Å². The molecule has 0 amide bonds. The number of aryl methyl sites for hydroxylation is 1. The molecule has 0 aliphatic heterocycles. The quantitative estimate of drug-likeness (QED) is 0.838. The Morgan fingerprint density at radius 3 is 2.60 bits per heavy atom. The lowest BCUT2D eigenvalue weighted by molar-refractivity contribution is -0.274. The third-order valence-electron chi connectivity index (χ3n) is 2.40. The van der Waals surface area contributed by atoms with E-state index in [-0.39, 0.29) is 36.5 Å². The van der Waals surface area contributed by atoms with Crippen molar-refractivity contribution in [3.63, 3.8) is 0 Å². The van der Waals surface area contributed by atoms with Gasteiger partial charge >= 0.3 is 12.3 Å². The molecule has 0 spiro atoms. The number of carbonyl (C=O) groups excluding carboxylic acids is 1. The van der Waals surface area contributed by atoms with Crippen molar-refractivity contribution in [2.45, 2.75) is 33.2 Å². The van der Waals surface area contributed by atoms with Crippen LogP contribution in [0.5, 0.6) is 5.75 Å². The van der Waals surface area contributed by atoms with E-state index in [1.165, 1.54) is 6.92 Å². The Labute approximate surface area is 113 Å². The van der Waals surface area contributed by atoms with Gasteiger partial charge in [0.1, 0.15) is 5.75 Å². The minimum atomic E-state index is -4.83. The van der Waals surface area contributed by atoms with Crippen LogP contribution in [0.25, 0.3) is 0 Å². The monoisotopic (exact) mass is 292 g/mol. The summed E-state index contributed by atoms with van der Waals surface area (Å²) in [5.74, 6) is -1.01. The summed E-state index contributed by atoms with van der Waals surface area (Å²) in [4.78, 5) is 15.4. The number of pyridine rings is 1. The van der Waals surface area contributed by atoms with E-state index in [1.54, 1.807) is 6.92 Å². The van der Waals surface area contributed by atoms with Gasteiger partial charge in [-0.15, -0.1) is 13.2 Å². The molecule has 0 fully saturated rings. The summed E-state index contributed by atoms with van der Waals surface area (Å²) in [6.07, 6.45) is -5.06. The Balaban J connectivity index is 3.07. The van der Waals surface area contributed by atoms with Gasteiger partial charge in [-0.2, -0.15) is 0 Å². The number of nitrogens with zero attached hydrogens (tertiary/aromatic N) is 1. The Morgan fingerprint density at radius 1 is 1.45 bits per heavy atom. The van der Waals surface area contributed by atoms with Crippen LogP contribution >= 0.6 is 0 Å². The van der Waals surface area contributed by atoms with Crippen LogP contribution in [-0.2, 0) is 22.5 Å². The van der Waals surface area contributed by atoms with E-state index in [2.05, 4.69) is 9.72 Å². The molecule has 1 rings (SSSR count). The predicted octanol–water partition coefficient (Wildman–Crippen LogP) is 1.85. The Hall–Kier alpha value is -1.83. The zero-order valence-electron chi connectivity index (χ0n) is 11.1. The van der Waals surface area contributed by atoms with Crippen LogP contribution in [-0.4, -0.2) is 23.9 Å². The summed E-state index contributed by atoms with van der Waals surface area (Å²) in [6, 6.07) is 1.06. The van der Waals surface area contributed by atoms with Gasteiger partial charge in [-0.05, 0) is 13.8 Å². The van der Waals surface area contributed by atoms with E-state index in [0.29, 0.717) is 0 Å². The standard InChI is InChI=1S/C12H15F3N2O3/c1-3-19-11(18)5-8-4-10(20-12(13,14)15)9(6-16)7(2)17-8/h4H,3,5-6,16H2,1-2H3. The maximum Gasteiger partial charge on any atom is 0.573 e. The smallest absolute Gasteiger partial charge is 0.466 e. The van der Waals surface area contributed by atoms with Gasteiger partial charge < -0.3 is 15.2 Å². The number of alkyl halides is 3. The fraction of sp³-hybridized carbons (Fsp3) is 0.500. The van der Waals surface area contributed by atoms with Gasteiger partial charge in [-0.1, -0.05) is 0 Å². The molecule has 1 aromatic rings. The summed E-state index contributed by atoms with van der Waals surface area (Å²) in [5.41, 5.74) is 5.96. The molecule has 2 N–H and O–H groups in total. The molecule has 0 unspecified atom stereocenters. The number of hydrogen-bond acceptors (Lipinski definition) is 5. The first-order chi connectivity index (χ1) is 9.26. The maximum atomic E-state index is 12.3. The van der Waals surface area contributed by atoms with E-state index >= 15 is 0 Å². The van der Waals surface area contributed by atoms with Crippen molar-refractivity contribution in [1.82, 2.24) is 4.98 Å². The zero-order chi connectivity index (χ0) is 15.3. The van der Waals surface area contributed by atoms with Crippen LogP contribution in [0.15, 0.2) is 6.07 Å². The zero-order valence-corrected chi connectivity index (χ0v) is 11.1. The molecule has 0 bridgehead atoms. The first kappa shape index (κ1) is 16.2. The lowest BCUT2D eigenvalue weighted by atomic mass is 10.1. The van der Waals surface area contributed by atoms with Crippen molar-refractivity contribution >= 4 is 5.97 Å². The van der Waals surface area contributed by atoms with Gasteiger partial charge in [0.25, 0.3) is 0 Å². The maximum absolute atomic E-state index is 12.3. The topological polar surface area (TPSA) is 74.4 Å². The molecule has 0 aliphatic carbocycles. The van der Waals surface area contributed by atoms with Crippen molar-refractivity contribution in [2.24, 2.45) is 5.73 Å². The first-order valence-electron chi connectivity index (χ1n) is 5.87. The third-order valence-corrected chi connectivity index (χ3v) is 2.40. The summed E-state index contributed by atoms with van der Waals surface area (Å²) in [5, 5.41) is 0. The predicted molar refractivity (Wildman–Crippen MR) is 63.9 cm³/mol. The lowest BCUT2D eigenvalue weighted by Gasteiger charge is -2.15. The summed E-state index contributed by atoms with van der Waals surface area (Å²) < 4.78 is 45.6. The minimum absolute atomic E-state index is 0.136. The van der Waals surface area contributed by atoms with Crippen LogP contribution in [0.4, 0.5) is 13.2 Å². The Morgan fingerprint density at radius 2 is 2.10 bits per heavy atom. The molecule has 0 saturated carbocycles. The van der Waals surface area contributed by atoms with Gasteiger partial charge in [0.2, 0.25) is 0 Å². The molecule has 8 heteroatoms. The molecular weight excluding hydrogens is 277 g/mol. The lowest BCUT2D eigenvalue weighted by Crippen LogP contribution is -2.20. The van der Waals surface area contributed by atoms with E-state index in [9.17, 15) is 18.0 Å². The summed E-state index contributed by atoms with van der Waals surface area (Å²) >= 11 is 0. The molecule has 1 heterocycles. The van der Waals surface area contributed by atoms with Crippen LogP contribution in [0.3, 0.4) is 0 Å². The summed E-state index contributed by atoms with van der Waals surface area (Å²) in [7, 11) is 0. The highest BCUT2D eigenvalue weighted by Gasteiger charge is 2.32. The average Bonchev–Trinajstić information content (AvgIpc) is 2.26. The molecular formula is C12H15F3N2O3. The van der Waals surface area contributed by atoms with Crippen LogP contribution < -0.4 is 10.5 Å². The van der Waals surface area contributed by atoms with E-state index in [4.69, 9.17) is 10.5 Å². The molecule has 5 nitrogen and oxygen atoms in total. The molecule has 0 radical (unpaired) electrons. The van der Waals surface area contributed by atoms with Crippen molar-refractivity contribution in [3.8, 4) is 5.75 Å². The van der Waals surface area contributed by atoms with Crippen LogP contribution in [0.2, 0.25) is 0 Å². The second kappa shape index (κ2) is 6.56. The highest BCUT2D eigenvalue weighted by atomic mass is 19.4. The second-order valence-corrected chi connectivity index (χ2v) is 3.91. The molecule has 0 saturated heterocycles. The Kier molecular flexibility index (Phi) is 5.32. The number of rotatable bonds is 5. The van der Waals surface area contributed by atoms with E-state index in [1.807, 2.05) is 0 Å². The van der Waals surface area contributed by atoms with Crippen molar-refractivity contribution in [2.75, 3.05) is 6.61 Å². The fourth-order valence-electron chi connectivity index (χ4n) is 1.65. The van der Waals surface area contributed by atoms with Crippen LogP contribution in [0, 0.1) is 6.92 Å². The van der Waals surface area contributed by atoms with Crippen molar-refractivity contribution in [1.29, 1.82) is 0 Å². The molecule has 0 aromatic carbocycles. The van der Waals surface area contributed by atoms with Gasteiger partial charge in [0, 0.05) is 23.9 Å². The van der Waals surface area contributed by atoms with Crippen LogP contribution in [0.1, 0.15) is 23.9 Å². The van der Waals surface area contributed by atoms with Gasteiger partial charge in [0.15, 0.2) is 0 Å². The second-order valence-electron chi connectivity index (χ2n) is 3.91. The van der Waals surface area contributed by atoms with Gasteiger partial charge in [0.05, 0.1) is 18.7 Å². The molecule has 20 heavy (non-hydrogen) atoms. The SMILES string of the molecule is CCOC(=O)Cc1cc(OC(F)(F)F)c(CN)c(C)n1. The summed E-state index contributed by atoms with van der Waals surface area (Å²) in [6.45, 7) is 3.17. The molecule has 0 aliphatic rings. The number of ether oxygens (including phenoxy) is 2. The first-order valence-corrected chi connectivity index (χ1v) is 5.87. The number of halogens is 3. The molecule has 1 aromatic heterocycles. The Bertz CT molecular complexity index is 490. The number of nitrogens with two attached hydrogens (primary N) is 1. The molecule has 112 valence electrons. The van der Waals surface area contributed by atoms with Gasteiger partial charge in [-0.3, -0.25) is 9.78 Å². The highest BCUT2D eigenvalue weighted by molar-refractivity contribution is 5.72. The van der Waals surface area contributed by atoms with Crippen molar-refractivity contribution < 1.29 is 27.4 Å². The fourth-order valence-corrected chi connectivity index (χ4v) is 1.65.